The number of benzene rings is 1. The average Bonchev–Trinajstić information content (AvgIpc) is 3.28. The number of nitrogens with one attached hydrogen (secondary N) is 1. The lowest BCUT2D eigenvalue weighted by atomic mass is 10.0. The third kappa shape index (κ3) is 2.74. The fraction of sp³-hybridized carbons (Fsp3) is 0.533. The zero-order valence-electron chi connectivity index (χ0n) is 10.9. The second-order valence-electron chi connectivity index (χ2n) is 5.71. The molecule has 2 fully saturated rings. The van der Waals surface area contributed by atoms with Gasteiger partial charge >= 0.3 is 6.18 Å². The van der Waals surface area contributed by atoms with Gasteiger partial charge in [-0.3, -0.25) is 0 Å². The van der Waals surface area contributed by atoms with Crippen LogP contribution >= 0.6 is 0 Å². The molecule has 0 saturated heterocycles. The van der Waals surface area contributed by atoms with E-state index in [2.05, 4.69) is 5.32 Å². The predicted molar refractivity (Wildman–Crippen MR) is 69.0 cm³/mol. The number of nitriles is 1. The van der Waals surface area contributed by atoms with Gasteiger partial charge in [-0.25, -0.2) is 0 Å². The normalized spacial score (nSPS) is 18.9. The molecule has 2 saturated carbocycles. The Balaban J connectivity index is 1.84. The molecule has 0 unspecified atom stereocenters. The van der Waals surface area contributed by atoms with Crippen molar-refractivity contribution in [2.45, 2.75) is 37.9 Å². The summed E-state index contributed by atoms with van der Waals surface area (Å²) < 4.78 is 38.7. The van der Waals surface area contributed by atoms with E-state index in [0.717, 1.165) is 31.7 Å². The molecule has 1 N–H and O–H groups in total. The Hall–Kier alpha value is -1.70. The van der Waals surface area contributed by atoms with Crippen molar-refractivity contribution in [1.29, 1.82) is 5.26 Å². The van der Waals surface area contributed by atoms with E-state index >= 15 is 0 Å². The molecule has 2 nitrogen and oxygen atoms in total. The van der Waals surface area contributed by atoms with Gasteiger partial charge in [-0.1, -0.05) is 0 Å². The monoisotopic (exact) mass is 280 g/mol. The van der Waals surface area contributed by atoms with Crippen LogP contribution in [0.1, 0.15) is 36.8 Å². The van der Waals surface area contributed by atoms with E-state index in [9.17, 15) is 13.2 Å². The van der Waals surface area contributed by atoms with Gasteiger partial charge in [0, 0.05) is 11.7 Å². The first kappa shape index (κ1) is 13.3. The molecule has 0 atom stereocenters. The summed E-state index contributed by atoms with van der Waals surface area (Å²) in [5, 5.41) is 12.0. The van der Waals surface area contributed by atoms with Gasteiger partial charge in [-0.2, -0.15) is 18.4 Å². The topological polar surface area (TPSA) is 35.8 Å². The Morgan fingerprint density at radius 2 is 1.75 bits per heavy atom. The smallest absolute Gasteiger partial charge is 0.382 e. The minimum atomic E-state index is -4.49. The highest BCUT2D eigenvalue weighted by Gasteiger charge is 2.41. The van der Waals surface area contributed by atoms with Gasteiger partial charge < -0.3 is 5.32 Å². The molecule has 0 amide bonds. The fourth-order valence-electron chi connectivity index (χ4n) is 2.69. The van der Waals surface area contributed by atoms with Gasteiger partial charge in [0.15, 0.2) is 0 Å². The molecule has 0 spiro atoms. The number of rotatable bonds is 4. The highest BCUT2D eigenvalue weighted by atomic mass is 19.4. The first-order valence-corrected chi connectivity index (χ1v) is 6.87. The van der Waals surface area contributed by atoms with Crippen LogP contribution in [0.15, 0.2) is 18.2 Å². The number of nitrogens with zero attached hydrogens (tertiary/aromatic N) is 1. The van der Waals surface area contributed by atoms with Crippen LogP contribution in [0, 0.1) is 23.2 Å². The van der Waals surface area contributed by atoms with E-state index < -0.39 is 11.7 Å². The van der Waals surface area contributed by atoms with Crippen molar-refractivity contribution in [1.82, 2.24) is 0 Å². The van der Waals surface area contributed by atoms with Crippen molar-refractivity contribution in [2.75, 3.05) is 5.32 Å². The first-order valence-electron chi connectivity index (χ1n) is 6.87. The van der Waals surface area contributed by atoms with Gasteiger partial charge in [0.1, 0.15) is 0 Å². The van der Waals surface area contributed by atoms with Crippen LogP contribution in [0.4, 0.5) is 18.9 Å². The van der Waals surface area contributed by atoms with E-state index in [-0.39, 0.29) is 5.56 Å². The lowest BCUT2D eigenvalue weighted by Gasteiger charge is -2.20. The molecule has 20 heavy (non-hydrogen) atoms. The largest absolute Gasteiger partial charge is 0.417 e. The number of anilines is 1. The molecule has 0 aliphatic heterocycles. The van der Waals surface area contributed by atoms with Crippen LogP contribution in [-0.4, -0.2) is 6.04 Å². The van der Waals surface area contributed by atoms with Gasteiger partial charge in [0.05, 0.1) is 17.2 Å². The summed E-state index contributed by atoms with van der Waals surface area (Å²) in [5.74, 6) is 1.21. The van der Waals surface area contributed by atoms with Crippen molar-refractivity contribution < 1.29 is 13.2 Å². The SMILES string of the molecule is N#Cc1ccc(NC(C2CC2)C2CC2)cc1C(F)(F)F. The number of hydrogen-bond acceptors (Lipinski definition) is 2. The maximum atomic E-state index is 12.9. The number of halogens is 3. The van der Waals surface area contributed by atoms with Gasteiger partial charge in [-0.15, -0.1) is 0 Å². The van der Waals surface area contributed by atoms with Crippen LogP contribution < -0.4 is 5.32 Å². The van der Waals surface area contributed by atoms with Crippen LogP contribution in [0.3, 0.4) is 0 Å². The molecule has 2 aliphatic carbocycles. The lowest BCUT2D eigenvalue weighted by Crippen LogP contribution is -2.24. The minimum absolute atomic E-state index is 0.295. The Morgan fingerprint density at radius 1 is 1.15 bits per heavy atom. The molecule has 0 radical (unpaired) electrons. The molecule has 1 aromatic rings. The Bertz CT molecular complexity index is 539. The van der Waals surface area contributed by atoms with Crippen LogP contribution in [0.25, 0.3) is 0 Å². The lowest BCUT2D eigenvalue weighted by molar-refractivity contribution is -0.137. The second kappa shape index (κ2) is 4.69. The first-order chi connectivity index (χ1) is 9.49. The van der Waals surface area contributed by atoms with Crippen molar-refractivity contribution in [3.05, 3.63) is 29.3 Å². The summed E-state index contributed by atoms with van der Waals surface area (Å²) in [4.78, 5) is 0. The maximum Gasteiger partial charge on any atom is 0.417 e. The zero-order chi connectivity index (χ0) is 14.3. The standard InChI is InChI=1S/C15H15F3N2/c16-15(17,18)13-7-12(6-5-11(13)8-19)20-14(9-1-2-9)10-3-4-10/h5-7,9-10,14,20H,1-4H2. The molecule has 1 aromatic carbocycles. The van der Waals surface area contributed by atoms with Crippen molar-refractivity contribution in [2.24, 2.45) is 11.8 Å². The maximum absolute atomic E-state index is 12.9. The molecule has 5 heteroatoms. The van der Waals surface area contributed by atoms with E-state index in [0.29, 0.717) is 23.6 Å². The number of hydrogen-bond donors (Lipinski definition) is 1. The Labute approximate surface area is 115 Å². The highest BCUT2D eigenvalue weighted by molar-refractivity contribution is 5.54. The van der Waals surface area contributed by atoms with E-state index in [1.165, 1.54) is 6.07 Å². The van der Waals surface area contributed by atoms with Crippen LogP contribution in [0.5, 0.6) is 0 Å². The fourth-order valence-corrected chi connectivity index (χ4v) is 2.69. The summed E-state index contributed by atoms with van der Waals surface area (Å²) >= 11 is 0. The quantitative estimate of drug-likeness (QED) is 0.898. The second-order valence-corrected chi connectivity index (χ2v) is 5.71. The summed E-state index contributed by atoms with van der Waals surface area (Å²) in [6, 6.07) is 5.79. The number of alkyl halides is 3. The summed E-state index contributed by atoms with van der Waals surface area (Å²) in [5.41, 5.74) is -0.701. The Kier molecular flexibility index (Phi) is 3.12. The molecule has 0 bridgehead atoms. The molecule has 2 aliphatic rings. The van der Waals surface area contributed by atoms with Crippen LogP contribution in [-0.2, 0) is 6.18 Å². The van der Waals surface area contributed by atoms with E-state index in [1.54, 1.807) is 12.1 Å². The van der Waals surface area contributed by atoms with Gasteiger partial charge in [-0.05, 0) is 55.7 Å². The van der Waals surface area contributed by atoms with Crippen LogP contribution in [0.2, 0.25) is 0 Å². The molecular weight excluding hydrogens is 265 g/mol. The van der Waals surface area contributed by atoms with Gasteiger partial charge in [0.25, 0.3) is 0 Å². The van der Waals surface area contributed by atoms with E-state index in [4.69, 9.17) is 5.26 Å². The average molecular weight is 280 g/mol. The van der Waals surface area contributed by atoms with E-state index in [1.807, 2.05) is 0 Å². The summed E-state index contributed by atoms with van der Waals surface area (Å²) in [6.07, 6.45) is 0.164. The van der Waals surface area contributed by atoms with Gasteiger partial charge in [0.2, 0.25) is 0 Å². The van der Waals surface area contributed by atoms with Crippen molar-refractivity contribution in [3.8, 4) is 6.07 Å². The summed E-state index contributed by atoms with van der Waals surface area (Å²) in [7, 11) is 0. The molecule has 0 heterocycles. The molecular formula is C15H15F3N2. The zero-order valence-corrected chi connectivity index (χ0v) is 10.9. The third-order valence-corrected chi connectivity index (χ3v) is 4.04. The molecule has 3 rings (SSSR count). The Morgan fingerprint density at radius 3 is 2.20 bits per heavy atom. The molecule has 0 aromatic heterocycles. The third-order valence-electron chi connectivity index (χ3n) is 4.04. The van der Waals surface area contributed by atoms with Crippen molar-refractivity contribution >= 4 is 5.69 Å². The molecule has 106 valence electrons. The van der Waals surface area contributed by atoms with Crippen molar-refractivity contribution in [3.63, 3.8) is 0 Å². The highest BCUT2D eigenvalue weighted by Crippen LogP contribution is 2.46. The predicted octanol–water partition coefficient (Wildman–Crippen LogP) is 4.18. The summed E-state index contributed by atoms with van der Waals surface area (Å²) in [6.45, 7) is 0. The minimum Gasteiger partial charge on any atom is -0.382 e.